The predicted molar refractivity (Wildman–Crippen MR) is 279 cm³/mol. The summed E-state index contributed by atoms with van der Waals surface area (Å²) in [5.41, 5.74) is 0. The van der Waals surface area contributed by atoms with Gasteiger partial charge >= 0.3 is 17.9 Å². The van der Waals surface area contributed by atoms with Crippen LogP contribution in [0.25, 0.3) is 0 Å². The third-order valence-electron chi connectivity index (χ3n) is 11.7. The highest BCUT2D eigenvalue weighted by Crippen LogP contribution is 2.15. The van der Waals surface area contributed by atoms with Crippen LogP contribution in [0.2, 0.25) is 0 Å². The first-order valence-electron chi connectivity index (χ1n) is 27.4. The fraction of sp³-hybridized carbons (Fsp3) is 0.746. The average Bonchev–Trinajstić information content (AvgIpc) is 3.30. The molecule has 1 unspecified atom stereocenters. The lowest BCUT2D eigenvalue weighted by molar-refractivity contribution is -0.167. The zero-order valence-corrected chi connectivity index (χ0v) is 42.7. The molecule has 0 radical (unpaired) electrons. The van der Waals surface area contributed by atoms with E-state index in [1.165, 1.54) is 109 Å². The first-order valence-corrected chi connectivity index (χ1v) is 27.4. The normalized spacial score (nSPS) is 12.6. The molecule has 6 nitrogen and oxygen atoms in total. The molecule has 0 spiro atoms. The molecule has 0 aromatic carbocycles. The van der Waals surface area contributed by atoms with Crippen molar-refractivity contribution in [1.29, 1.82) is 0 Å². The molecule has 1 atom stereocenters. The van der Waals surface area contributed by atoms with Crippen molar-refractivity contribution in [2.24, 2.45) is 0 Å². The monoisotopic (exact) mass is 907 g/mol. The van der Waals surface area contributed by atoms with Gasteiger partial charge in [-0.2, -0.15) is 0 Å². The van der Waals surface area contributed by atoms with Crippen molar-refractivity contribution in [2.45, 2.75) is 271 Å². The van der Waals surface area contributed by atoms with Crippen molar-refractivity contribution in [3.05, 3.63) is 72.9 Å². The van der Waals surface area contributed by atoms with E-state index < -0.39 is 6.10 Å². The lowest BCUT2D eigenvalue weighted by Gasteiger charge is -2.18. The molecule has 6 heteroatoms. The number of esters is 3. The van der Waals surface area contributed by atoms with Crippen molar-refractivity contribution < 1.29 is 28.6 Å². The number of allylic oxidation sites excluding steroid dienone is 12. The fourth-order valence-electron chi connectivity index (χ4n) is 7.57. The van der Waals surface area contributed by atoms with Crippen LogP contribution in [0.1, 0.15) is 265 Å². The summed E-state index contributed by atoms with van der Waals surface area (Å²) >= 11 is 0. The number of hydrogen-bond donors (Lipinski definition) is 0. The molecule has 0 aromatic heterocycles. The van der Waals surface area contributed by atoms with Crippen LogP contribution in [-0.2, 0) is 28.6 Å². The van der Waals surface area contributed by atoms with Gasteiger partial charge in [0.05, 0.1) is 0 Å². The highest BCUT2D eigenvalue weighted by molar-refractivity contribution is 5.71. The van der Waals surface area contributed by atoms with E-state index in [0.29, 0.717) is 19.3 Å². The van der Waals surface area contributed by atoms with Gasteiger partial charge in [-0.15, -0.1) is 0 Å². The van der Waals surface area contributed by atoms with Gasteiger partial charge in [0.2, 0.25) is 0 Å². The number of hydrogen-bond acceptors (Lipinski definition) is 6. The summed E-state index contributed by atoms with van der Waals surface area (Å²) in [5.74, 6) is -0.906. The Morgan fingerprint density at radius 3 is 0.985 bits per heavy atom. The molecule has 65 heavy (non-hydrogen) atoms. The Balaban J connectivity index is 4.40. The Labute approximate surface area is 402 Å². The summed E-state index contributed by atoms with van der Waals surface area (Å²) in [4.78, 5) is 38.1. The van der Waals surface area contributed by atoms with E-state index in [0.717, 1.165) is 116 Å². The van der Waals surface area contributed by atoms with Crippen LogP contribution >= 0.6 is 0 Å². The second-order valence-electron chi connectivity index (χ2n) is 18.1. The van der Waals surface area contributed by atoms with Gasteiger partial charge in [0, 0.05) is 19.3 Å². The Kier molecular flexibility index (Phi) is 50.9. The molecule has 0 N–H and O–H groups in total. The van der Waals surface area contributed by atoms with E-state index >= 15 is 0 Å². The van der Waals surface area contributed by atoms with Crippen LogP contribution in [0, 0.1) is 0 Å². The second-order valence-corrected chi connectivity index (χ2v) is 18.1. The van der Waals surface area contributed by atoms with E-state index in [1.54, 1.807) is 0 Å². The van der Waals surface area contributed by atoms with E-state index in [9.17, 15) is 14.4 Å². The Morgan fingerprint density at radius 1 is 0.323 bits per heavy atom. The second kappa shape index (κ2) is 53.5. The smallest absolute Gasteiger partial charge is 0.306 e. The molecule has 0 aliphatic carbocycles. The number of unbranched alkanes of at least 4 members (excludes halogenated alkanes) is 26. The first kappa shape index (κ1) is 61.9. The number of rotatable bonds is 49. The van der Waals surface area contributed by atoms with E-state index in [-0.39, 0.29) is 31.1 Å². The van der Waals surface area contributed by atoms with Crippen LogP contribution in [0.4, 0.5) is 0 Å². The first-order chi connectivity index (χ1) is 32.0. The summed E-state index contributed by atoms with van der Waals surface area (Å²) in [6.07, 6.45) is 67.4. The van der Waals surface area contributed by atoms with Gasteiger partial charge in [-0.25, -0.2) is 0 Å². The van der Waals surface area contributed by atoms with Crippen LogP contribution < -0.4 is 0 Å². The average molecular weight is 907 g/mol. The molecular weight excluding hydrogens is 805 g/mol. The molecule has 0 rings (SSSR count). The van der Waals surface area contributed by atoms with Crippen LogP contribution in [0.15, 0.2) is 72.9 Å². The lowest BCUT2D eigenvalue weighted by Crippen LogP contribution is -2.30. The van der Waals surface area contributed by atoms with Crippen molar-refractivity contribution in [3.8, 4) is 0 Å². The van der Waals surface area contributed by atoms with Crippen molar-refractivity contribution in [3.63, 3.8) is 0 Å². The topological polar surface area (TPSA) is 78.9 Å². The SMILES string of the molecule is CC/C=C\C/C=C\C/C=C\C/C=C\CCCCCCCCC(=O)OCC(COC(=O)CCCCCCCCCCCCCCCC)OC(=O)CCCCCCC/C=C\C/C=C\CCCC. The molecule has 0 amide bonds. The number of carbonyl (C=O) groups is 3. The minimum absolute atomic E-state index is 0.0839. The third-order valence-corrected chi connectivity index (χ3v) is 11.7. The van der Waals surface area contributed by atoms with Gasteiger partial charge in [0.25, 0.3) is 0 Å². The molecule has 0 bridgehead atoms. The zero-order valence-electron chi connectivity index (χ0n) is 42.7. The maximum absolute atomic E-state index is 12.8. The summed E-state index contributed by atoms with van der Waals surface area (Å²) < 4.78 is 16.8. The highest BCUT2D eigenvalue weighted by atomic mass is 16.6. The van der Waals surface area contributed by atoms with Crippen molar-refractivity contribution in [2.75, 3.05) is 13.2 Å². The summed E-state index contributed by atoms with van der Waals surface area (Å²) in [7, 11) is 0. The maximum Gasteiger partial charge on any atom is 0.306 e. The predicted octanol–water partition coefficient (Wildman–Crippen LogP) is 18.2. The van der Waals surface area contributed by atoms with Gasteiger partial charge in [0.15, 0.2) is 6.10 Å². The maximum atomic E-state index is 12.8. The van der Waals surface area contributed by atoms with Crippen molar-refractivity contribution >= 4 is 17.9 Å². The Morgan fingerprint density at radius 2 is 0.615 bits per heavy atom. The third kappa shape index (κ3) is 51.7. The Bertz CT molecular complexity index is 1230. The Hall–Kier alpha value is -3.15. The molecule has 374 valence electrons. The summed E-state index contributed by atoms with van der Waals surface area (Å²) in [5, 5.41) is 0. The molecule has 0 saturated carbocycles. The minimum atomic E-state index is -0.787. The van der Waals surface area contributed by atoms with Gasteiger partial charge in [-0.05, 0) is 83.5 Å². The summed E-state index contributed by atoms with van der Waals surface area (Å²) in [6, 6.07) is 0. The highest BCUT2D eigenvalue weighted by Gasteiger charge is 2.19. The molecule has 0 fully saturated rings. The van der Waals surface area contributed by atoms with Crippen LogP contribution in [-0.4, -0.2) is 37.2 Å². The zero-order chi connectivity index (χ0) is 47.2. The van der Waals surface area contributed by atoms with E-state index in [2.05, 4.69) is 93.7 Å². The lowest BCUT2D eigenvalue weighted by atomic mass is 10.0. The summed E-state index contributed by atoms with van der Waals surface area (Å²) in [6.45, 7) is 6.48. The van der Waals surface area contributed by atoms with E-state index in [4.69, 9.17) is 14.2 Å². The van der Waals surface area contributed by atoms with Crippen LogP contribution in [0.3, 0.4) is 0 Å². The van der Waals surface area contributed by atoms with Crippen molar-refractivity contribution in [1.82, 2.24) is 0 Å². The molecule has 0 aliphatic rings. The quantitative estimate of drug-likeness (QED) is 0.0262. The number of carbonyl (C=O) groups excluding carboxylic acids is 3. The molecule has 0 heterocycles. The molecule has 0 aromatic rings. The fourth-order valence-corrected chi connectivity index (χ4v) is 7.57. The van der Waals surface area contributed by atoms with E-state index in [1.807, 2.05) is 0 Å². The molecule has 0 saturated heterocycles. The standard InChI is InChI=1S/C59H102O6/c1-4-7-10-13-16-19-22-25-28-29-30-31-32-35-37-40-43-46-49-52-58(61)64-55-56(65-59(62)53-50-47-44-41-38-34-27-24-21-18-15-12-9-6-3)54-63-57(60)51-48-45-42-39-36-33-26-23-20-17-14-11-8-5-2/h7,10,15-16,18-19,24-25,27-28,30-31,56H,4-6,8-9,11-14,17,20-23,26,29,32-55H2,1-3H3/b10-7-,18-15-,19-16-,27-24-,28-25-,31-30-. The molecule has 0 aliphatic heterocycles. The van der Waals surface area contributed by atoms with Gasteiger partial charge in [0.1, 0.15) is 13.2 Å². The van der Waals surface area contributed by atoms with Crippen LogP contribution in [0.5, 0.6) is 0 Å². The van der Waals surface area contributed by atoms with Gasteiger partial charge < -0.3 is 14.2 Å². The molecular formula is C59H102O6. The van der Waals surface area contributed by atoms with Gasteiger partial charge in [-0.1, -0.05) is 235 Å². The number of ether oxygens (including phenoxy) is 3. The van der Waals surface area contributed by atoms with Gasteiger partial charge in [-0.3, -0.25) is 14.4 Å². The minimum Gasteiger partial charge on any atom is -0.462 e. The largest absolute Gasteiger partial charge is 0.462 e.